The molecule has 6 nitrogen and oxygen atoms in total. The molecule has 0 spiro atoms. The van der Waals surface area contributed by atoms with Crippen molar-refractivity contribution >= 4 is 11.8 Å². The maximum Gasteiger partial charge on any atom is 0.243 e. The fourth-order valence-electron chi connectivity index (χ4n) is 3.83. The average molecular weight is 439 g/mol. The van der Waals surface area contributed by atoms with Crippen LogP contribution in [0.1, 0.15) is 57.2 Å². The summed E-state index contributed by atoms with van der Waals surface area (Å²) in [5, 5.41) is 3.04. The molecule has 1 aliphatic rings. The number of benzene rings is 2. The van der Waals surface area contributed by atoms with Gasteiger partial charge in [0.2, 0.25) is 18.6 Å². The Balaban J connectivity index is 1.79. The number of ether oxygens (including phenoxy) is 2. The van der Waals surface area contributed by atoms with Crippen LogP contribution < -0.4 is 14.8 Å². The van der Waals surface area contributed by atoms with E-state index >= 15 is 0 Å². The van der Waals surface area contributed by atoms with Gasteiger partial charge < -0.3 is 19.7 Å². The van der Waals surface area contributed by atoms with Crippen LogP contribution in [-0.4, -0.2) is 35.1 Å². The average Bonchev–Trinajstić information content (AvgIpc) is 3.20. The Kier molecular flexibility index (Phi) is 7.44. The standard InChI is InChI=1S/C26H34N2O4/c1-6-21(25(30)27-26(3,4)5)28(16-20-10-8-7-9-18(20)2)24(29)14-12-19-11-13-22-23(15-19)32-17-31-22/h7-11,13,15,21H,6,12,14,16-17H2,1-5H3,(H,27,30)/t21-/m0/s1. The van der Waals surface area contributed by atoms with Crippen LogP contribution in [0, 0.1) is 6.92 Å². The molecule has 2 aromatic carbocycles. The van der Waals surface area contributed by atoms with Gasteiger partial charge in [-0.2, -0.15) is 0 Å². The van der Waals surface area contributed by atoms with E-state index in [1.807, 2.05) is 77.1 Å². The van der Waals surface area contributed by atoms with Crippen LogP contribution in [0.3, 0.4) is 0 Å². The number of carbonyl (C=O) groups excluding carboxylic acids is 2. The smallest absolute Gasteiger partial charge is 0.243 e. The Hall–Kier alpha value is -3.02. The van der Waals surface area contributed by atoms with E-state index in [4.69, 9.17) is 9.47 Å². The first kappa shape index (κ1) is 23.6. The zero-order chi connectivity index (χ0) is 23.3. The maximum absolute atomic E-state index is 13.4. The van der Waals surface area contributed by atoms with Crippen molar-refractivity contribution < 1.29 is 19.1 Å². The summed E-state index contributed by atoms with van der Waals surface area (Å²) in [7, 11) is 0. The predicted molar refractivity (Wildman–Crippen MR) is 125 cm³/mol. The quantitative estimate of drug-likeness (QED) is 0.664. The SMILES string of the molecule is CC[C@@H](C(=O)NC(C)(C)C)N(Cc1ccccc1C)C(=O)CCc1ccc2c(c1)OCO2. The Labute approximate surface area is 190 Å². The topological polar surface area (TPSA) is 67.9 Å². The van der Waals surface area contributed by atoms with Crippen LogP contribution in [-0.2, 0) is 22.6 Å². The number of rotatable bonds is 8. The van der Waals surface area contributed by atoms with E-state index in [-0.39, 0.29) is 24.1 Å². The van der Waals surface area contributed by atoms with Crippen molar-refractivity contribution in [1.29, 1.82) is 0 Å². The van der Waals surface area contributed by atoms with Crippen molar-refractivity contribution in [2.24, 2.45) is 0 Å². The van der Waals surface area contributed by atoms with E-state index in [2.05, 4.69) is 5.32 Å². The fourth-order valence-corrected chi connectivity index (χ4v) is 3.83. The van der Waals surface area contributed by atoms with Gasteiger partial charge in [0.25, 0.3) is 0 Å². The molecule has 1 atom stereocenters. The summed E-state index contributed by atoms with van der Waals surface area (Å²) in [5.41, 5.74) is 2.79. The molecular formula is C26H34N2O4. The molecule has 0 bridgehead atoms. The summed E-state index contributed by atoms with van der Waals surface area (Å²) in [6.07, 6.45) is 1.42. The summed E-state index contributed by atoms with van der Waals surface area (Å²) < 4.78 is 10.8. The highest BCUT2D eigenvalue weighted by atomic mass is 16.7. The first-order chi connectivity index (χ1) is 15.2. The molecule has 2 aromatic rings. The maximum atomic E-state index is 13.4. The minimum atomic E-state index is -0.530. The van der Waals surface area contributed by atoms with Gasteiger partial charge in [-0.15, -0.1) is 0 Å². The van der Waals surface area contributed by atoms with Crippen LogP contribution in [0.2, 0.25) is 0 Å². The highest BCUT2D eigenvalue weighted by Gasteiger charge is 2.30. The summed E-state index contributed by atoms with van der Waals surface area (Å²) in [6.45, 7) is 10.5. The lowest BCUT2D eigenvalue weighted by Gasteiger charge is -2.33. The Bertz CT molecular complexity index is 965. The third-order valence-electron chi connectivity index (χ3n) is 5.55. The highest BCUT2D eigenvalue weighted by Crippen LogP contribution is 2.33. The van der Waals surface area contributed by atoms with Crippen LogP contribution in [0.25, 0.3) is 0 Å². The Morgan fingerprint density at radius 1 is 1.09 bits per heavy atom. The molecule has 0 saturated carbocycles. The van der Waals surface area contributed by atoms with Gasteiger partial charge in [-0.25, -0.2) is 0 Å². The Morgan fingerprint density at radius 3 is 2.50 bits per heavy atom. The summed E-state index contributed by atoms with van der Waals surface area (Å²) in [5.74, 6) is 1.28. The first-order valence-electron chi connectivity index (χ1n) is 11.2. The highest BCUT2D eigenvalue weighted by molar-refractivity contribution is 5.88. The third kappa shape index (κ3) is 6.02. The molecule has 0 unspecified atom stereocenters. The second-order valence-electron chi connectivity index (χ2n) is 9.30. The fraction of sp³-hybridized carbons (Fsp3) is 0.462. The molecule has 0 aromatic heterocycles. The lowest BCUT2D eigenvalue weighted by molar-refractivity contribution is -0.142. The third-order valence-corrected chi connectivity index (χ3v) is 5.55. The summed E-state index contributed by atoms with van der Waals surface area (Å²) in [6, 6.07) is 13.2. The number of carbonyl (C=O) groups is 2. The molecule has 32 heavy (non-hydrogen) atoms. The molecule has 1 aliphatic heterocycles. The van der Waals surface area contributed by atoms with E-state index in [1.54, 1.807) is 4.90 Å². The number of nitrogens with one attached hydrogen (secondary N) is 1. The van der Waals surface area contributed by atoms with E-state index in [0.717, 1.165) is 22.4 Å². The molecule has 0 saturated heterocycles. The molecule has 172 valence electrons. The lowest BCUT2D eigenvalue weighted by atomic mass is 10.0. The van der Waals surface area contributed by atoms with Gasteiger partial charge >= 0.3 is 0 Å². The second kappa shape index (κ2) is 10.1. The van der Waals surface area contributed by atoms with Gasteiger partial charge in [-0.1, -0.05) is 37.3 Å². The molecule has 3 rings (SSSR count). The minimum Gasteiger partial charge on any atom is -0.454 e. The van der Waals surface area contributed by atoms with Crippen molar-refractivity contribution in [2.45, 2.75) is 72.0 Å². The number of amides is 2. The van der Waals surface area contributed by atoms with Crippen molar-refractivity contribution in [1.82, 2.24) is 10.2 Å². The normalized spacial score (nSPS) is 13.5. The van der Waals surface area contributed by atoms with Gasteiger partial charge in [0.05, 0.1) is 0 Å². The van der Waals surface area contributed by atoms with E-state index in [1.165, 1.54) is 0 Å². The van der Waals surface area contributed by atoms with Crippen molar-refractivity contribution in [2.75, 3.05) is 6.79 Å². The molecule has 1 heterocycles. The van der Waals surface area contributed by atoms with Gasteiger partial charge in [-0.05, 0) is 69.4 Å². The van der Waals surface area contributed by atoms with Crippen molar-refractivity contribution in [3.05, 3.63) is 59.2 Å². The second-order valence-corrected chi connectivity index (χ2v) is 9.30. The van der Waals surface area contributed by atoms with Crippen molar-refractivity contribution in [3.8, 4) is 11.5 Å². The number of aryl methyl sites for hydroxylation is 2. The summed E-state index contributed by atoms with van der Waals surface area (Å²) >= 11 is 0. The number of nitrogens with zero attached hydrogens (tertiary/aromatic N) is 1. The molecule has 0 aliphatic carbocycles. The molecular weight excluding hydrogens is 404 g/mol. The first-order valence-corrected chi connectivity index (χ1v) is 11.2. The molecule has 0 radical (unpaired) electrons. The van der Waals surface area contributed by atoms with Gasteiger partial charge in [0, 0.05) is 18.5 Å². The van der Waals surface area contributed by atoms with E-state index in [9.17, 15) is 9.59 Å². The number of fused-ring (bicyclic) bond motifs is 1. The Morgan fingerprint density at radius 2 is 1.81 bits per heavy atom. The van der Waals surface area contributed by atoms with Crippen molar-refractivity contribution in [3.63, 3.8) is 0 Å². The number of hydrogen-bond donors (Lipinski definition) is 1. The van der Waals surface area contributed by atoms with Gasteiger partial charge in [0.15, 0.2) is 11.5 Å². The molecule has 6 heteroatoms. The van der Waals surface area contributed by atoms with E-state index < -0.39 is 6.04 Å². The molecule has 2 amide bonds. The van der Waals surface area contributed by atoms with Crippen LogP contribution >= 0.6 is 0 Å². The zero-order valence-electron chi connectivity index (χ0n) is 19.7. The minimum absolute atomic E-state index is 0.0400. The van der Waals surface area contributed by atoms with E-state index in [0.29, 0.717) is 31.6 Å². The lowest BCUT2D eigenvalue weighted by Crippen LogP contribution is -2.53. The predicted octanol–water partition coefficient (Wildman–Crippen LogP) is 4.38. The van der Waals surface area contributed by atoms with Crippen LogP contribution in [0.15, 0.2) is 42.5 Å². The van der Waals surface area contributed by atoms with Gasteiger partial charge in [0.1, 0.15) is 6.04 Å². The largest absolute Gasteiger partial charge is 0.454 e. The van der Waals surface area contributed by atoms with Crippen LogP contribution in [0.4, 0.5) is 0 Å². The zero-order valence-corrected chi connectivity index (χ0v) is 19.7. The number of hydrogen-bond acceptors (Lipinski definition) is 4. The molecule has 1 N–H and O–H groups in total. The molecule has 0 fully saturated rings. The monoisotopic (exact) mass is 438 g/mol. The van der Waals surface area contributed by atoms with Gasteiger partial charge in [-0.3, -0.25) is 9.59 Å². The summed E-state index contributed by atoms with van der Waals surface area (Å²) in [4.78, 5) is 28.2. The van der Waals surface area contributed by atoms with Crippen LogP contribution in [0.5, 0.6) is 11.5 Å².